The number of hydrogen-bond donors (Lipinski definition) is 1. The molecule has 0 radical (unpaired) electrons. The molecule has 6 nitrogen and oxygen atoms in total. The number of ether oxygens (including phenoxy) is 1. The van der Waals surface area contributed by atoms with Gasteiger partial charge in [0.2, 0.25) is 0 Å². The molecule has 1 fully saturated rings. The van der Waals surface area contributed by atoms with Crippen molar-refractivity contribution in [2.75, 3.05) is 33.0 Å². The van der Waals surface area contributed by atoms with Gasteiger partial charge in [-0.25, -0.2) is 4.67 Å². The highest BCUT2D eigenvalue weighted by molar-refractivity contribution is 7.50. The fraction of sp³-hybridized carbons (Fsp3) is 0.917. The summed E-state index contributed by atoms with van der Waals surface area (Å²) in [6, 6.07) is -0.481. The molecule has 2 unspecified atom stereocenters. The summed E-state index contributed by atoms with van der Waals surface area (Å²) in [4.78, 5) is 11.4. The summed E-state index contributed by atoms with van der Waals surface area (Å²) in [5.41, 5.74) is 5.76. The third-order valence-corrected chi connectivity index (χ3v) is 4.92. The van der Waals surface area contributed by atoms with E-state index in [0.717, 1.165) is 32.2 Å². The van der Waals surface area contributed by atoms with Crippen molar-refractivity contribution in [1.29, 1.82) is 0 Å². The van der Waals surface area contributed by atoms with Gasteiger partial charge in [0, 0.05) is 19.8 Å². The number of nitrogens with two attached hydrogens (primary N) is 1. The van der Waals surface area contributed by atoms with Crippen molar-refractivity contribution in [3.05, 3.63) is 0 Å². The molecule has 1 aliphatic rings. The van der Waals surface area contributed by atoms with E-state index in [0.29, 0.717) is 13.0 Å². The van der Waals surface area contributed by atoms with Crippen molar-refractivity contribution in [2.24, 2.45) is 5.73 Å². The smallest absolute Gasteiger partial charge is 0.322 e. The zero-order valence-electron chi connectivity index (χ0n) is 12.6. The lowest BCUT2D eigenvalue weighted by atomic mass is 10.1. The molecular formula is C12H27ClN3O3P. The topological polar surface area (TPSA) is 68.0 Å². The van der Waals surface area contributed by atoms with Gasteiger partial charge in [-0.3, -0.25) is 9.42 Å². The van der Waals surface area contributed by atoms with Crippen molar-refractivity contribution in [1.82, 2.24) is 9.73 Å². The Morgan fingerprint density at radius 3 is 2.75 bits per heavy atom. The molecule has 0 saturated carbocycles. The summed E-state index contributed by atoms with van der Waals surface area (Å²) in [7, 11) is 1.50. The van der Waals surface area contributed by atoms with E-state index in [-0.39, 0.29) is 18.4 Å². The minimum absolute atomic E-state index is 0. The molecule has 0 spiro atoms. The molecule has 2 N–H and O–H groups in total. The van der Waals surface area contributed by atoms with Gasteiger partial charge in [0.15, 0.2) is 0 Å². The maximum atomic E-state index is 11.4. The predicted molar refractivity (Wildman–Crippen MR) is 83.6 cm³/mol. The number of unbranched alkanes of at least 4 members (excludes halogenated alkanes) is 1. The maximum Gasteiger partial charge on any atom is 0.322 e. The van der Waals surface area contributed by atoms with E-state index in [1.807, 2.05) is 12.1 Å². The van der Waals surface area contributed by atoms with Crippen LogP contribution in [0.3, 0.4) is 0 Å². The van der Waals surface area contributed by atoms with Gasteiger partial charge in [-0.15, -0.1) is 12.4 Å². The van der Waals surface area contributed by atoms with Crippen LogP contribution in [-0.4, -0.2) is 54.8 Å². The minimum Gasteiger partial charge on any atom is -0.465 e. The number of hydrogen-bond acceptors (Lipinski definition) is 6. The summed E-state index contributed by atoms with van der Waals surface area (Å²) < 4.78 is 12.9. The third-order valence-electron chi connectivity index (χ3n) is 2.95. The van der Waals surface area contributed by atoms with Crippen molar-refractivity contribution in [3.8, 4) is 0 Å². The molecule has 0 bridgehead atoms. The Morgan fingerprint density at radius 2 is 2.15 bits per heavy atom. The lowest BCUT2D eigenvalue weighted by molar-refractivity contribution is -0.144. The second kappa shape index (κ2) is 10.7. The monoisotopic (exact) mass is 327 g/mol. The largest absolute Gasteiger partial charge is 0.465 e. The first-order chi connectivity index (χ1) is 9.08. The van der Waals surface area contributed by atoms with Gasteiger partial charge in [0.25, 0.3) is 0 Å². The molecule has 0 aliphatic carbocycles. The summed E-state index contributed by atoms with van der Waals surface area (Å²) in [6.45, 7) is 6.20. The van der Waals surface area contributed by atoms with Gasteiger partial charge in [0.1, 0.15) is 14.3 Å². The summed E-state index contributed by atoms with van der Waals surface area (Å²) in [6.07, 6.45) is 3.70. The number of carbonyl (C=O) groups is 1. The van der Waals surface area contributed by atoms with Crippen LogP contribution in [-0.2, 0) is 14.2 Å². The SMILES string of the molecule is CCOC(=O)C(N)CCCCN1CN(C)OP1CC.Cl. The van der Waals surface area contributed by atoms with Crippen LogP contribution >= 0.6 is 20.7 Å². The summed E-state index contributed by atoms with van der Waals surface area (Å²) in [5.74, 6) is -0.289. The van der Waals surface area contributed by atoms with Crippen LogP contribution in [0.1, 0.15) is 33.1 Å². The first kappa shape index (κ1) is 20.0. The van der Waals surface area contributed by atoms with Crippen LogP contribution < -0.4 is 5.73 Å². The zero-order chi connectivity index (χ0) is 14.3. The molecule has 1 saturated heterocycles. The average molecular weight is 328 g/mol. The average Bonchev–Trinajstić information content (AvgIpc) is 2.75. The molecule has 120 valence electrons. The molecule has 0 amide bonds. The van der Waals surface area contributed by atoms with Crippen LogP contribution in [0.4, 0.5) is 0 Å². The van der Waals surface area contributed by atoms with Crippen LogP contribution in [0.25, 0.3) is 0 Å². The van der Waals surface area contributed by atoms with Gasteiger partial charge in [0.05, 0.1) is 13.3 Å². The molecule has 2 atom stereocenters. The quantitative estimate of drug-likeness (QED) is 0.417. The fourth-order valence-electron chi connectivity index (χ4n) is 2.00. The van der Waals surface area contributed by atoms with E-state index < -0.39 is 14.3 Å². The Kier molecular flexibility index (Phi) is 10.7. The highest BCUT2D eigenvalue weighted by atomic mass is 35.5. The van der Waals surface area contributed by atoms with Gasteiger partial charge < -0.3 is 10.5 Å². The van der Waals surface area contributed by atoms with E-state index in [1.54, 1.807) is 6.92 Å². The highest BCUT2D eigenvalue weighted by Crippen LogP contribution is 2.46. The maximum absolute atomic E-state index is 11.4. The van der Waals surface area contributed by atoms with Crippen molar-refractivity contribution in [2.45, 2.75) is 39.2 Å². The molecule has 1 rings (SSSR count). The van der Waals surface area contributed by atoms with E-state index in [2.05, 4.69) is 11.6 Å². The Bertz CT molecular complexity index is 287. The molecule has 0 aromatic heterocycles. The molecule has 1 heterocycles. The predicted octanol–water partition coefficient (Wildman–Crippen LogP) is 1.94. The Morgan fingerprint density at radius 1 is 1.45 bits per heavy atom. The van der Waals surface area contributed by atoms with E-state index in [9.17, 15) is 4.79 Å². The minimum atomic E-state index is -0.481. The molecule has 1 aliphatic heterocycles. The lowest BCUT2D eigenvalue weighted by Gasteiger charge is -2.19. The Balaban J connectivity index is 0.00000361. The summed E-state index contributed by atoms with van der Waals surface area (Å²) in [5, 5.41) is 1.89. The number of esters is 1. The van der Waals surface area contributed by atoms with Gasteiger partial charge in [-0.2, -0.15) is 5.06 Å². The Labute approximate surface area is 129 Å². The Hall–Kier alpha value is 0.0300. The van der Waals surface area contributed by atoms with Crippen molar-refractivity contribution in [3.63, 3.8) is 0 Å². The van der Waals surface area contributed by atoms with E-state index >= 15 is 0 Å². The fourth-order valence-corrected chi connectivity index (χ4v) is 3.68. The lowest BCUT2D eigenvalue weighted by Crippen LogP contribution is -2.32. The van der Waals surface area contributed by atoms with Crippen molar-refractivity contribution >= 4 is 26.7 Å². The normalized spacial score (nSPS) is 21.5. The first-order valence-corrected chi connectivity index (χ1v) is 8.32. The number of nitrogens with zero attached hydrogens (tertiary/aromatic N) is 2. The highest BCUT2D eigenvalue weighted by Gasteiger charge is 2.28. The molecule has 0 aromatic carbocycles. The molecule has 0 aromatic rings. The summed E-state index contributed by atoms with van der Waals surface area (Å²) >= 11 is 0. The van der Waals surface area contributed by atoms with E-state index in [4.69, 9.17) is 15.1 Å². The number of rotatable bonds is 8. The second-order valence-corrected chi connectivity index (χ2v) is 6.67. The van der Waals surface area contributed by atoms with Gasteiger partial charge in [-0.1, -0.05) is 13.3 Å². The standard InChI is InChI=1S/C12H26N3O3P.ClH/c1-4-17-12(16)11(13)8-6-7-9-15-10-14(3)18-19(15)5-2;/h11H,4-10,13H2,1-3H3;1H. The first-order valence-electron chi connectivity index (χ1n) is 6.92. The van der Waals surface area contributed by atoms with Crippen LogP contribution in [0.15, 0.2) is 0 Å². The number of hydroxylamine groups is 2. The molecule has 20 heavy (non-hydrogen) atoms. The van der Waals surface area contributed by atoms with Gasteiger partial charge >= 0.3 is 5.97 Å². The third kappa shape index (κ3) is 6.66. The van der Waals surface area contributed by atoms with Crippen LogP contribution in [0.2, 0.25) is 0 Å². The van der Waals surface area contributed by atoms with Gasteiger partial charge in [-0.05, 0) is 19.8 Å². The van der Waals surface area contributed by atoms with Crippen LogP contribution in [0.5, 0.6) is 0 Å². The van der Waals surface area contributed by atoms with Crippen molar-refractivity contribution < 1.29 is 14.2 Å². The number of carbonyl (C=O) groups excluding carboxylic acids is 1. The van der Waals surface area contributed by atoms with Crippen LogP contribution in [0, 0.1) is 0 Å². The number of halogens is 1. The molecular weight excluding hydrogens is 301 g/mol. The zero-order valence-corrected chi connectivity index (χ0v) is 14.3. The molecule has 8 heteroatoms. The second-order valence-electron chi connectivity index (χ2n) is 4.60. The van der Waals surface area contributed by atoms with E-state index in [1.165, 1.54) is 0 Å².